The summed E-state index contributed by atoms with van der Waals surface area (Å²) in [6.07, 6.45) is 9.38. The highest BCUT2D eigenvalue weighted by Crippen LogP contribution is 2.43. The van der Waals surface area contributed by atoms with Crippen LogP contribution in [0.1, 0.15) is 124 Å². The molecular formula is C36H42F4O4. The molecule has 2 aromatic rings. The van der Waals surface area contributed by atoms with E-state index in [1.807, 2.05) is 0 Å². The Hall–Kier alpha value is -2.71. The Balaban J connectivity index is 0.954. The summed E-state index contributed by atoms with van der Waals surface area (Å²) in [4.78, 5) is 13.0. The standard InChI is InChI=1S/C36H42F4O4/c1-2-30(41)28-17-15-26(32(37)34(28)39)23-7-9-24(10-8-23)36(42)44-25-13-11-21(12-14-25)20-3-5-22(6-4-20)27-16-18-29(31-19-43-31)35(40)33(27)38/h5,15-18,20-21,23-25,30-31,41H,2-4,6-14,19H2,1H3. The van der Waals surface area contributed by atoms with E-state index in [1.165, 1.54) is 6.07 Å². The van der Waals surface area contributed by atoms with Gasteiger partial charge in [0.25, 0.3) is 0 Å². The number of carbonyl (C=O) groups excluding carboxylic acids is 1. The summed E-state index contributed by atoms with van der Waals surface area (Å²) in [5.41, 5.74) is 1.84. The lowest BCUT2D eigenvalue weighted by atomic mass is 9.72. The van der Waals surface area contributed by atoms with E-state index < -0.39 is 29.4 Å². The number of halogens is 4. The molecule has 1 aliphatic heterocycles. The fourth-order valence-corrected chi connectivity index (χ4v) is 7.77. The fourth-order valence-electron chi connectivity index (χ4n) is 7.77. The monoisotopic (exact) mass is 614 g/mol. The summed E-state index contributed by atoms with van der Waals surface area (Å²) in [6, 6.07) is 6.39. The molecule has 238 valence electrons. The number of allylic oxidation sites excluding steroid dienone is 2. The molecule has 1 saturated heterocycles. The lowest BCUT2D eigenvalue weighted by molar-refractivity contribution is -0.157. The van der Waals surface area contributed by atoms with Crippen molar-refractivity contribution in [3.05, 3.63) is 75.9 Å². The number of epoxide rings is 1. The second-order valence-corrected chi connectivity index (χ2v) is 13.2. The molecule has 0 aromatic heterocycles. The van der Waals surface area contributed by atoms with E-state index in [0.29, 0.717) is 67.2 Å². The molecule has 0 bridgehead atoms. The molecule has 44 heavy (non-hydrogen) atoms. The van der Waals surface area contributed by atoms with Gasteiger partial charge in [0, 0.05) is 16.7 Å². The van der Waals surface area contributed by atoms with Crippen molar-refractivity contribution in [2.24, 2.45) is 17.8 Å². The average molecular weight is 615 g/mol. The Kier molecular flexibility index (Phi) is 9.48. The fraction of sp³-hybridized carbons (Fsp3) is 0.583. The number of hydrogen-bond donors (Lipinski definition) is 1. The number of aliphatic hydroxyl groups is 1. The van der Waals surface area contributed by atoms with Crippen LogP contribution >= 0.6 is 0 Å². The molecule has 6 rings (SSSR count). The molecule has 2 saturated carbocycles. The van der Waals surface area contributed by atoms with Crippen LogP contribution < -0.4 is 0 Å². The first-order valence-corrected chi connectivity index (χ1v) is 16.4. The van der Waals surface area contributed by atoms with Crippen LogP contribution in [0.15, 0.2) is 30.3 Å². The van der Waals surface area contributed by atoms with Crippen LogP contribution in [-0.2, 0) is 14.3 Å². The van der Waals surface area contributed by atoms with Gasteiger partial charge in [0.1, 0.15) is 12.2 Å². The summed E-state index contributed by atoms with van der Waals surface area (Å²) in [5.74, 6) is -2.99. The minimum Gasteiger partial charge on any atom is -0.462 e. The zero-order chi connectivity index (χ0) is 31.0. The molecule has 1 N–H and O–H groups in total. The van der Waals surface area contributed by atoms with Gasteiger partial charge in [-0.2, -0.15) is 0 Å². The van der Waals surface area contributed by atoms with Crippen molar-refractivity contribution < 1.29 is 36.9 Å². The molecule has 3 unspecified atom stereocenters. The molecule has 3 atom stereocenters. The van der Waals surface area contributed by atoms with Crippen LogP contribution in [0.4, 0.5) is 17.6 Å². The Labute approximate surface area is 256 Å². The van der Waals surface area contributed by atoms with Gasteiger partial charge < -0.3 is 14.6 Å². The molecule has 4 nitrogen and oxygen atoms in total. The molecule has 3 fully saturated rings. The molecule has 0 spiro atoms. The van der Waals surface area contributed by atoms with Crippen molar-refractivity contribution in [1.29, 1.82) is 0 Å². The molecule has 1 heterocycles. The molecule has 0 amide bonds. The number of esters is 1. The van der Waals surface area contributed by atoms with E-state index in [-0.39, 0.29) is 35.6 Å². The first-order chi connectivity index (χ1) is 21.2. The number of aliphatic hydroxyl groups excluding tert-OH is 1. The quantitative estimate of drug-likeness (QED) is 0.183. The van der Waals surface area contributed by atoms with Crippen molar-refractivity contribution in [3.8, 4) is 0 Å². The topological polar surface area (TPSA) is 59.1 Å². The normalized spacial score (nSPS) is 29.5. The minimum absolute atomic E-state index is 0.0111. The van der Waals surface area contributed by atoms with Crippen LogP contribution in [0.3, 0.4) is 0 Å². The average Bonchev–Trinajstić information content (AvgIpc) is 3.89. The van der Waals surface area contributed by atoms with Gasteiger partial charge >= 0.3 is 5.97 Å². The van der Waals surface area contributed by atoms with Crippen LogP contribution in [0.5, 0.6) is 0 Å². The Morgan fingerprint density at radius 3 is 2.18 bits per heavy atom. The van der Waals surface area contributed by atoms with E-state index in [9.17, 15) is 27.5 Å². The van der Waals surface area contributed by atoms with Crippen LogP contribution in [0, 0.1) is 41.0 Å². The van der Waals surface area contributed by atoms with Gasteiger partial charge in [-0.3, -0.25) is 4.79 Å². The molecule has 3 aliphatic carbocycles. The Bertz CT molecular complexity index is 1390. The highest BCUT2D eigenvalue weighted by Gasteiger charge is 2.35. The Morgan fingerprint density at radius 2 is 1.55 bits per heavy atom. The third kappa shape index (κ3) is 6.48. The van der Waals surface area contributed by atoms with Gasteiger partial charge in [-0.25, -0.2) is 17.6 Å². The van der Waals surface area contributed by atoms with Crippen LogP contribution in [0.2, 0.25) is 0 Å². The van der Waals surface area contributed by atoms with Crippen molar-refractivity contribution in [3.63, 3.8) is 0 Å². The van der Waals surface area contributed by atoms with Crippen molar-refractivity contribution >= 4 is 11.5 Å². The summed E-state index contributed by atoms with van der Waals surface area (Å²) < 4.78 is 69.8. The zero-order valence-electron chi connectivity index (χ0n) is 25.3. The summed E-state index contributed by atoms with van der Waals surface area (Å²) in [7, 11) is 0. The summed E-state index contributed by atoms with van der Waals surface area (Å²) in [5, 5.41) is 9.95. The SMILES string of the molecule is CCC(O)c1ccc(C2CCC(C(=O)OC3CCC(C4CC=C(c5ccc(C6CO6)c(F)c5F)CC4)CC3)CC2)c(F)c1F. The minimum atomic E-state index is -1.03. The van der Waals surface area contributed by atoms with Gasteiger partial charge in [0.2, 0.25) is 0 Å². The Morgan fingerprint density at radius 1 is 0.864 bits per heavy atom. The van der Waals surface area contributed by atoms with E-state index in [4.69, 9.17) is 9.47 Å². The van der Waals surface area contributed by atoms with Gasteiger partial charge in [-0.1, -0.05) is 37.3 Å². The number of ether oxygens (including phenoxy) is 2. The summed E-state index contributed by atoms with van der Waals surface area (Å²) >= 11 is 0. The van der Waals surface area contributed by atoms with E-state index in [1.54, 1.807) is 25.1 Å². The van der Waals surface area contributed by atoms with Crippen molar-refractivity contribution in [2.45, 2.75) is 108 Å². The van der Waals surface area contributed by atoms with Gasteiger partial charge in [-0.05, 0) is 106 Å². The molecule has 0 radical (unpaired) electrons. The van der Waals surface area contributed by atoms with E-state index >= 15 is 0 Å². The molecule has 4 aliphatic rings. The molecular weight excluding hydrogens is 572 g/mol. The maximum Gasteiger partial charge on any atom is 0.309 e. The number of carbonyl (C=O) groups is 1. The van der Waals surface area contributed by atoms with E-state index in [0.717, 1.165) is 50.5 Å². The molecule has 8 heteroatoms. The van der Waals surface area contributed by atoms with Gasteiger partial charge in [0.05, 0.1) is 18.6 Å². The van der Waals surface area contributed by atoms with E-state index in [2.05, 4.69) is 6.08 Å². The maximum absolute atomic E-state index is 14.8. The number of hydrogen-bond acceptors (Lipinski definition) is 4. The van der Waals surface area contributed by atoms with Gasteiger partial charge in [-0.15, -0.1) is 0 Å². The first-order valence-electron chi connectivity index (χ1n) is 16.4. The third-order valence-corrected chi connectivity index (χ3v) is 10.6. The lowest BCUT2D eigenvalue weighted by Crippen LogP contribution is -2.31. The largest absolute Gasteiger partial charge is 0.462 e. The predicted octanol–water partition coefficient (Wildman–Crippen LogP) is 9.02. The number of rotatable bonds is 8. The molecule has 2 aromatic carbocycles. The second-order valence-electron chi connectivity index (χ2n) is 13.2. The zero-order valence-corrected chi connectivity index (χ0v) is 25.3. The maximum atomic E-state index is 14.8. The first kappa shape index (κ1) is 31.3. The predicted molar refractivity (Wildman–Crippen MR) is 159 cm³/mol. The third-order valence-electron chi connectivity index (χ3n) is 10.6. The van der Waals surface area contributed by atoms with Crippen molar-refractivity contribution in [1.82, 2.24) is 0 Å². The number of benzene rings is 2. The van der Waals surface area contributed by atoms with Crippen molar-refractivity contribution in [2.75, 3.05) is 6.61 Å². The highest BCUT2D eigenvalue weighted by atomic mass is 19.2. The van der Waals surface area contributed by atoms with Crippen LogP contribution in [0.25, 0.3) is 5.57 Å². The lowest BCUT2D eigenvalue weighted by Gasteiger charge is -2.36. The highest BCUT2D eigenvalue weighted by molar-refractivity contribution is 5.72. The van der Waals surface area contributed by atoms with Crippen LogP contribution in [-0.4, -0.2) is 23.8 Å². The summed E-state index contributed by atoms with van der Waals surface area (Å²) in [6.45, 7) is 2.16. The van der Waals surface area contributed by atoms with Gasteiger partial charge in [0.15, 0.2) is 23.3 Å². The second kappa shape index (κ2) is 13.3. The smallest absolute Gasteiger partial charge is 0.309 e.